The standard InChI is InChI=1S/C27H20F2N4O4S/c1-2-3-14-4-7-17(8-5-14)33-24-18(12-16(28)13-19(24)29)23(26(33)36)32-31-20-9-6-15(10-21(20)34)11-22-25(35)30-27(37)38-22/h4-13,34,36H,2-3H2,1H3,(H,30,35,37)/b22-11-,32-31?. The molecule has 38 heavy (non-hydrogen) atoms. The number of phenols is 1. The van der Waals surface area contributed by atoms with E-state index < -0.39 is 28.7 Å². The predicted octanol–water partition coefficient (Wildman–Crippen LogP) is 7.01. The normalized spacial score (nSPS) is 14.8. The Balaban J connectivity index is 1.54. The zero-order valence-corrected chi connectivity index (χ0v) is 20.7. The van der Waals surface area contributed by atoms with Crippen LogP contribution >= 0.6 is 11.8 Å². The van der Waals surface area contributed by atoms with E-state index in [1.54, 1.807) is 12.1 Å². The van der Waals surface area contributed by atoms with Crippen LogP contribution in [0.15, 0.2) is 69.7 Å². The maximum Gasteiger partial charge on any atom is 0.290 e. The third kappa shape index (κ3) is 4.75. The van der Waals surface area contributed by atoms with Gasteiger partial charge in [0, 0.05) is 17.1 Å². The van der Waals surface area contributed by atoms with E-state index in [0.29, 0.717) is 11.3 Å². The van der Waals surface area contributed by atoms with Gasteiger partial charge >= 0.3 is 0 Å². The molecule has 1 saturated heterocycles. The number of phenolic OH excluding ortho intramolecular Hbond substituents is 1. The molecule has 1 fully saturated rings. The molecule has 0 spiro atoms. The van der Waals surface area contributed by atoms with Crippen molar-refractivity contribution in [1.82, 2.24) is 9.88 Å². The molecular formula is C27H20F2N4O4S. The molecule has 11 heteroatoms. The van der Waals surface area contributed by atoms with Crippen molar-refractivity contribution in [2.75, 3.05) is 0 Å². The van der Waals surface area contributed by atoms with Crippen LogP contribution in [0.5, 0.6) is 11.6 Å². The Kier molecular flexibility index (Phi) is 6.68. The highest BCUT2D eigenvalue weighted by atomic mass is 32.2. The number of hydrogen-bond donors (Lipinski definition) is 3. The molecule has 1 aromatic heterocycles. The molecule has 0 bridgehead atoms. The first-order valence-electron chi connectivity index (χ1n) is 11.6. The van der Waals surface area contributed by atoms with E-state index >= 15 is 0 Å². The van der Waals surface area contributed by atoms with Gasteiger partial charge in [-0.25, -0.2) is 8.78 Å². The Morgan fingerprint density at radius 3 is 2.45 bits per heavy atom. The lowest BCUT2D eigenvalue weighted by atomic mass is 10.1. The number of amides is 2. The summed E-state index contributed by atoms with van der Waals surface area (Å²) in [6.45, 7) is 2.05. The fourth-order valence-corrected chi connectivity index (χ4v) is 4.83. The number of hydrogen-bond acceptors (Lipinski definition) is 7. The van der Waals surface area contributed by atoms with Crippen molar-refractivity contribution in [1.29, 1.82) is 0 Å². The number of thioether (sulfide) groups is 1. The van der Waals surface area contributed by atoms with Gasteiger partial charge in [-0.3, -0.25) is 19.5 Å². The lowest BCUT2D eigenvalue weighted by Gasteiger charge is -2.09. The van der Waals surface area contributed by atoms with Crippen LogP contribution in [-0.2, 0) is 11.2 Å². The molecule has 3 N–H and O–H groups in total. The fourth-order valence-electron chi connectivity index (χ4n) is 4.15. The van der Waals surface area contributed by atoms with Gasteiger partial charge in [-0.1, -0.05) is 31.5 Å². The highest BCUT2D eigenvalue weighted by molar-refractivity contribution is 8.18. The van der Waals surface area contributed by atoms with Gasteiger partial charge in [0.1, 0.15) is 17.3 Å². The van der Waals surface area contributed by atoms with E-state index in [0.717, 1.165) is 42.3 Å². The van der Waals surface area contributed by atoms with Crippen LogP contribution in [0.25, 0.3) is 22.7 Å². The molecule has 0 atom stereocenters. The van der Waals surface area contributed by atoms with Gasteiger partial charge in [0.05, 0.1) is 10.4 Å². The molecule has 0 saturated carbocycles. The van der Waals surface area contributed by atoms with E-state index in [1.165, 1.54) is 28.8 Å². The van der Waals surface area contributed by atoms with Gasteiger partial charge in [-0.15, -0.1) is 10.2 Å². The molecule has 2 amide bonds. The van der Waals surface area contributed by atoms with Crippen molar-refractivity contribution in [3.05, 3.63) is 82.3 Å². The van der Waals surface area contributed by atoms with Crippen LogP contribution in [0, 0.1) is 11.6 Å². The lowest BCUT2D eigenvalue weighted by Crippen LogP contribution is -2.17. The highest BCUT2D eigenvalue weighted by Gasteiger charge is 2.25. The lowest BCUT2D eigenvalue weighted by molar-refractivity contribution is -0.115. The number of carbonyl (C=O) groups excluding carboxylic acids is 2. The minimum absolute atomic E-state index is 0.00355. The third-order valence-electron chi connectivity index (χ3n) is 5.86. The number of nitrogens with zero attached hydrogens (tertiary/aromatic N) is 3. The molecule has 0 aliphatic carbocycles. The first kappa shape index (κ1) is 25.2. The molecule has 8 nitrogen and oxygen atoms in total. The smallest absolute Gasteiger partial charge is 0.290 e. The molecule has 1 aliphatic rings. The first-order chi connectivity index (χ1) is 18.2. The Hall–Kier alpha value is -4.51. The largest absolute Gasteiger partial charge is 0.506 e. The summed E-state index contributed by atoms with van der Waals surface area (Å²) in [4.78, 5) is 23.3. The second-order valence-corrected chi connectivity index (χ2v) is 9.52. The first-order valence-corrected chi connectivity index (χ1v) is 12.4. The monoisotopic (exact) mass is 534 g/mol. The number of carbonyl (C=O) groups is 2. The van der Waals surface area contributed by atoms with E-state index in [1.807, 2.05) is 12.1 Å². The van der Waals surface area contributed by atoms with Crippen molar-refractivity contribution in [3.8, 4) is 17.3 Å². The molecule has 1 aliphatic heterocycles. The summed E-state index contributed by atoms with van der Waals surface area (Å²) in [7, 11) is 0. The zero-order chi connectivity index (χ0) is 27.0. The van der Waals surface area contributed by atoms with E-state index in [4.69, 9.17) is 0 Å². The molecular weight excluding hydrogens is 514 g/mol. The third-order valence-corrected chi connectivity index (χ3v) is 6.67. The Bertz CT molecular complexity index is 1660. The summed E-state index contributed by atoms with van der Waals surface area (Å²) in [6.07, 6.45) is 3.25. The summed E-state index contributed by atoms with van der Waals surface area (Å²) in [6, 6.07) is 13.2. The molecule has 2 heterocycles. The number of aryl methyl sites for hydroxylation is 1. The summed E-state index contributed by atoms with van der Waals surface area (Å²) in [5.74, 6) is -3.03. The average Bonchev–Trinajstić information content (AvgIpc) is 3.33. The molecule has 3 aromatic carbocycles. The van der Waals surface area contributed by atoms with Crippen LogP contribution in [0.4, 0.5) is 25.0 Å². The van der Waals surface area contributed by atoms with Crippen molar-refractivity contribution >= 4 is 51.3 Å². The Morgan fingerprint density at radius 1 is 1.03 bits per heavy atom. The topological polar surface area (TPSA) is 116 Å². The maximum absolute atomic E-state index is 14.9. The average molecular weight is 535 g/mol. The van der Waals surface area contributed by atoms with Crippen LogP contribution in [-0.4, -0.2) is 25.9 Å². The van der Waals surface area contributed by atoms with Gasteiger partial charge in [-0.2, -0.15) is 0 Å². The van der Waals surface area contributed by atoms with E-state index in [2.05, 4.69) is 22.5 Å². The molecule has 192 valence electrons. The molecule has 0 radical (unpaired) electrons. The quantitative estimate of drug-likeness (QED) is 0.182. The minimum Gasteiger partial charge on any atom is -0.506 e. The number of imide groups is 1. The van der Waals surface area contributed by atoms with E-state index in [9.17, 15) is 28.6 Å². The number of halogens is 2. The van der Waals surface area contributed by atoms with Crippen LogP contribution < -0.4 is 5.32 Å². The second-order valence-electron chi connectivity index (χ2n) is 8.51. The number of aromatic nitrogens is 1. The van der Waals surface area contributed by atoms with Gasteiger partial charge < -0.3 is 10.2 Å². The molecule has 5 rings (SSSR count). The predicted molar refractivity (Wildman–Crippen MR) is 140 cm³/mol. The highest BCUT2D eigenvalue weighted by Crippen LogP contribution is 2.43. The number of aromatic hydroxyl groups is 2. The Morgan fingerprint density at radius 2 is 1.79 bits per heavy atom. The van der Waals surface area contributed by atoms with Crippen LogP contribution in [0.2, 0.25) is 0 Å². The van der Waals surface area contributed by atoms with Gasteiger partial charge in [0.2, 0.25) is 5.88 Å². The van der Waals surface area contributed by atoms with Gasteiger partial charge in [0.25, 0.3) is 11.1 Å². The van der Waals surface area contributed by atoms with Gasteiger partial charge in [0.15, 0.2) is 11.5 Å². The number of benzene rings is 3. The maximum atomic E-state index is 14.9. The van der Waals surface area contributed by atoms with Crippen LogP contribution in [0.3, 0.4) is 0 Å². The zero-order valence-electron chi connectivity index (χ0n) is 19.9. The SMILES string of the molecule is CCCc1ccc(-n2c(O)c(N=Nc3ccc(/C=C4\SC(=O)NC4=O)cc3O)c3cc(F)cc(F)c32)cc1. The summed E-state index contributed by atoms with van der Waals surface area (Å²) in [5.41, 5.74) is 1.71. The number of azo groups is 1. The second kappa shape index (κ2) is 10.1. The van der Waals surface area contributed by atoms with Crippen molar-refractivity contribution in [3.63, 3.8) is 0 Å². The van der Waals surface area contributed by atoms with E-state index in [-0.39, 0.29) is 32.9 Å². The fraction of sp³-hybridized carbons (Fsp3) is 0.111. The Labute approximate surface area is 219 Å². The summed E-state index contributed by atoms with van der Waals surface area (Å²) in [5, 5.41) is 31.1. The summed E-state index contributed by atoms with van der Waals surface area (Å²) < 4.78 is 30.3. The van der Waals surface area contributed by atoms with Crippen molar-refractivity contribution in [2.45, 2.75) is 19.8 Å². The number of rotatable bonds is 6. The summed E-state index contributed by atoms with van der Waals surface area (Å²) >= 11 is 0.741. The van der Waals surface area contributed by atoms with Crippen LogP contribution in [0.1, 0.15) is 24.5 Å². The minimum atomic E-state index is -0.887. The number of nitrogens with one attached hydrogen (secondary N) is 1. The van der Waals surface area contributed by atoms with Crippen molar-refractivity contribution < 1.29 is 28.6 Å². The molecule has 4 aromatic rings. The molecule has 0 unspecified atom stereocenters. The van der Waals surface area contributed by atoms with Gasteiger partial charge in [-0.05, 0) is 65.7 Å². The number of fused-ring (bicyclic) bond motifs is 1. The van der Waals surface area contributed by atoms with Crippen molar-refractivity contribution in [2.24, 2.45) is 10.2 Å².